The number of aryl methyl sites for hydroxylation is 1. The quantitative estimate of drug-likeness (QED) is 0.291. The Morgan fingerprint density at radius 1 is 0.848 bits per heavy atom. The molecule has 0 amide bonds. The highest BCUT2D eigenvalue weighted by Crippen LogP contribution is 2.44. The summed E-state index contributed by atoms with van der Waals surface area (Å²) >= 11 is 1.35. The summed E-state index contributed by atoms with van der Waals surface area (Å²) in [6.07, 6.45) is 1.73. The minimum atomic E-state index is -3.82. The average Bonchev–Trinajstić information content (AvgIpc) is 2.82. The summed E-state index contributed by atoms with van der Waals surface area (Å²) in [7, 11) is -3.82. The Hall–Kier alpha value is -3.55. The number of sulfonamides is 1. The molecule has 0 aliphatic heterocycles. The Bertz CT molecular complexity index is 1610. The minimum absolute atomic E-state index is 0.0991. The number of anilines is 1. The molecule has 4 aromatic carbocycles. The summed E-state index contributed by atoms with van der Waals surface area (Å²) in [6.45, 7) is 1.85. The number of aromatic hydroxyl groups is 1. The van der Waals surface area contributed by atoms with E-state index in [0.29, 0.717) is 21.4 Å². The van der Waals surface area contributed by atoms with Crippen LogP contribution < -0.4 is 4.72 Å². The molecule has 5 nitrogen and oxygen atoms in total. The van der Waals surface area contributed by atoms with Crippen LogP contribution in [0.15, 0.2) is 106 Å². The number of nitrogens with zero attached hydrogens (tertiary/aromatic N) is 1. The van der Waals surface area contributed by atoms with Gasteiger partial charge in [-0.15, -0.1) is 0 Å². The van der Waals surface area contributed by atoms with Crippen LogP contribution in [0.5, 0.6) is 5.75 Å². The monoisotopic (exact) mass is 472 g/mol. The van der Waals surface area contributed by atoms with Crippen LogP contribution in [0.3, 0.4) is 0 Å². The number of para-hydroxylation sites is 1. The molecule has 1 aromatic heterocycles. The second-order valence-electron chi connectivity index (χ2n) is 7.67. The van der Waals surface area contributed by atoms with Gasteiger partial charge in [0.05, 0.1) is 21.0 Å². The molecule has 33 heavy (non-hydrogen) atoms. The maximum atomic E-state index is 13.1. The molecule has 0 fully saturated rings. The lowest BCUT2D eigenvalue weighted by atomic mass is 10.1. The number of hydrogen-bond donors (Lipinski definition) is 2. The summed E-state index contributed by atoms with van der Waals surface area (Å²) in [5.41, 5.74) is 2.08. The summed E-state index contributed by atoms with van der Waals surface area (Å²) in [4.78, 5) is 6.07. The zero-order chi connectivity index (χ0) is 23.0. The van der Waals surface area contributed by atoms with Crippen molar-refractivity contribution in [1.82, 2.24) is 4.98 Å². The second-order valence-corrected chi connectivity index (χ2v) is 10.4. The molecule has 0 spiro atoms. The molecule has 0 aliphatic carbocycles. The number of phenolic OH excluding ortho intramolecular Hbond substituents is 1. The molecule has 0 radical (unpaired) electrons. The Morgan fingerprint density at radius 3 is 2.42 bits per heavy atom. The van der Waals surface area contributed by atoms with Crippen LogP contribution in [0.2, 0.25) is 0 Å². The molecule has 0 atom stereocenters. The van der Waals surface area contributed by atoms with Gasteiger partial charge in [0.25, 0.3) is 10.0 Å². The molecule has 2 N–H and O–H groups in total. The van der Waals surface area contributed by atoms with E-state index in [4.69, 9.17) is 0 Å². The largest absolute Gasteiger partial charge is 0.506 e. The van der Waals surface area contributed by atoms with E-state index in [1.807, 2.05) is 55.5 Å². The van der Waals surface area contributed by atoms with Crippen molar-refractivity contribution in [2.45, 2.75) is 21.6 Å². The van der Waals surface area contributed by atoms with Crippen molar-refractivity contribution in [2.24, 2.45) is 0 Å². The van der Waals surface area contributed by atoms with Gasteiger partial charge in [-0.3, -0.25) is 9.71 Å². The minimum Gasteiger partial charge on any atom is -0.506 e. The summed E-state index contributed by atoms with van der Waals surface area (Å²) in [5.74, 6) is 0.0991. The fourth-order valence-electron chi connectivity index (χ4n) is 3.76. The lowest BCUT2D eigenvalue weighted by Crippen LogP contribution is -2.13. The van der Waals surface area contributed by atoms with Crippen LogP contribution in [0.1, 0.15) is 5.56 Å². The molecular formula is C26H20N2O3S2. The van der Waals surface area contributed by atoms with Gasteiger partial charge in [0.1, 0.15) is 5.75 Å². The zero-order valence-electron chi connectivity index (χ0n) is 17.7. The Labute approximate surface area is 196 Å². The number of aromatic nitrogens is 1. The van der Waals surface area contributed by atoms with Crippen molar-refractivity contribution in [1.29, 1.82) is 0 Å². The van der Waals surface area contributed by atoms with Crippen LogP contribution in [-0.2, 0) is 10.0 Å². The van der Waals surface area contributed by atoms with Crippen molar-refractivity contribution >= 4 is 49.1 Å². The third-order valence-electron chi connectivity index (χ3n) is 5.34. The molecule has 0 unspecified atom stereocenters. The molecule has 1 heterocycles. The van der Waals surface area contributed by atoms with E-state index >= 15 is 0 Å². The van der Waals surface area contributed by atoms with Crippen LogP contribution in [0.25, 0.3) is 21.7 Å². The van der Waals surface area contributed by atoms with Crippen molar-refractivity contribution in [3.8, 4) is 5.75 Å². The number of pyridine rings is 1. The fourth-order valence-corrected chi connectivity index (χ4v) is 5.97. The van der Waals surface area contributed by atoms with Crippen molar-refractivity contribution in [2.75, 3.05) is 4.72 Å². The molecule has 0 bridgehead atoms. The molecule has 5 aromatic rings. The average molecular weight is 473 g/mol. The summed E-state index contributed by atoms with van der Waals surface area (Å²) < 4.78 is 29.0. The van der Waals surface area contributed by atoms with Crippen molar-refractivity contribution in [3.05, 3.63) is 96.7 Å². The van der Waals surface area contributed by atoms with Gasteiger partial charge in [0, 0.05) is 27.3 Å². The molecule has 0 saturated carbocycles. The van der Waals surface area contributed by atoms with Crippen LogP contribution in [0.4, 0.5) is 5.69 Å². The zero-order valence-corrected chi connectivity index (χ0v) is 19.3. The summed E-state index contributed by atoms with van der Waals surface area (Å²) in [6, 6.07) is 25.3. The first-order valence-electron chi connectivity index (χ1n) is 10.3. The third kappa shape index (κ3) is 4.13. The number of rotatable bonds is 5. The van der Waals surface area contributed by atoms with Gasteiger partial charge in [-0.1, -0.05) is 66.4 Å². The van der Waals surface area contributed by atoms with E-state index in [9.17, 15) is 13.5 Å². The number of benzene rings is 4. The maximum absolute atomic E-state index is 13.1. The van der Waals surface area contributed by atoms with Gasteiger partial charge >= 0.3 is 0 Å². The first-order valence-corrected chi connectivity index (χ1v) is 12.6. The van der Waals surface area contributed by atoms with E-state index < -0.39 is 10.0 Å². The molecule has 0 aliphatic rings. The van der Waals surface area contributed by atoms with Crippen molar-refractivity contribution < 1.29 is 13.5 Å². The number of phenols is 1. The first-order chi connectivity index (χ1) is 15.9. The van der Waals surface area contributed by atoms with Gasteiger partial charge in [0.2, 0.25) is 0 Å². The van der Waals surface area contributed by atoms with E-state index in [1.54, 1.807) is 42.6 Å². The molecule has 0 saturated heterocycles. The second kappa shape index (κ2) is 8.42. The highest BCUT2D eigenvalue weighted by molar-refractivity contribution is 7.99. The molecule has 5 rings (SSSR count). The summed E-state index contributed by atoms with van der Waals surface area (Å²) in [5, 5.41) is 13.2. The number of fused-ring (bicyclic) bond motifs is 2. The standard InChI is InChI=1S/C26H20N2O3S2/c1-17-7-4-10-19(15-17)33(30,31)28-22-16-24(26(29)21-12-3-2-11-20(21)22)32-23-13-5-8-18-9-6-14-27-25(18)23/h2-16,28-29H,1H3. The van der Waals surface area contributed by atoms with Gasteiger partial charge < -0.3 is 5.11 Å². The predicted molar refractivity (Wildman–Crippen MR) is 133 cm³/mol. The maximum Gasteiger partial charge on any atom is 0.261 e. The van der Waals surface area contributed by atoms with Gasteiger partial charge in [0.15, 0.2) is 0 Å². The highest BCUT2D eigenvalue weighted by atomic mass is 32.2. The van der Waals surface area contributed by atoms with Crippen LogP contribution >= 0.6 is 11.8 Å². The molecule has 164 valence electrons. The highest BCUT2D eigenvalue weighted by Gasteiger charge is 2.19. The van der Waals surface area contributed by atoms with Gasteiger partial charge in [-0.05, 0) is 42.8 Å². The van der Waals surface area contributed by atoms with Crippen LogP contribution in [-0.4, -0.2) is 18.5 Å². The topological polar surface area (TPSA) is 79.3 Å². The Balaban J connectivity index is 1.63. The normalized spacial score (nSPS) is 11.7. The number of hydrogen-bond acceptors (Lipinski definition) is 5. The molecular weight excluding hydrogens is 452 g/mol. The van der Waals surface area contributed by atoms with E-state index in [2.05, 4.69) is 9.71 Å². The molecule has 7 heteroatoms. The third-order valence-corrected chi connectivity index (χ3v) is 7.78. The Morgan fingerprint density at radius 2 is 1.61 bits per heavy atom. The van der Waals surface area contributed by atoms with Crippen molar-refractivity contribution in [3.63, 3.8) is 0 Å². The van der Waals surface area contributed by atoms with Crippen LogP contribution in [0, 0.1) is 6.92 Å². The van der Waals surface area contributed by atoms with Gasteiger partial charge in [-0.25, -0.2) is 8.42 Å². The smallest absolute Gasteiger partial charge is 0.261 e. The SMILES string of the molecule is Cc1cccc(S(=O)(=O)Nc2cc(Sc3cccc4cccnc34)c(O)c3ccccc23)c1. The Kier molecular flexibility index (Phi) is 5.44. The first kappa shape index (κ1) is 21.3. The van der Waals surface area contributed by atoms with E-state index in [0.717, 1.165) is 21.4 Å². The number of nitrogens with one attached hydrogen (secondary N) is 1. The predicted octanol–water partition coefficient (Wildman–Crippen LogP) is 6.35. The lowest BCUT2D eigenvalue weighted by molar-refractivity contribution is 0.469. The van der Waals surface area contributed by atoms with E-state index in [-0.39, 0.29) is 10.6 Å². The van der Waals surface area contributed by atoms with E-state index in [1.165, 1.54) is 11.8 Å². The van der Waals surface area contributed by atoms with Gasteiger partial charge in [-0.2, -0.15) is 0 Å². The fraction of sp³-hybridized carbons (Fsp3) is 0.0385. The lowest BCUT2D eigenvalue weighted by Gasteiger charge is -2.15.